The lowest BCUT2D eigenvalue weighted by atomic mass is 10.0. The molecule has 1 aliphatic heterocycles. The summed E-state index contributed by atoms with van der Waals surface area (Å²) in [5, 5.41) is 0. The summed E-state index contributed by atoms with van der Waals surface area (Å²) in [6.07, 6.45) is 1.89. The number of nitrogens with two attached hydrogens (primary N) is 1. The van der Waals surface area contributed by atoms with E-state index in [1.54, 1.807) is 0 Å². The summed E-state index contributed by atoms with van der Waals surface area (Å²) in [6, 6.07) is 0.0845. The Balaban J connectivity index is 2.43. The van der Waals surface area contributed by atoms with E-state index in [0.29, 0.717) is 12.0 Å². The molecule has 0 aromatic carbocycles. The Morgan fingerprint density at radius 1 is 1.60 bits per heavy atom. The van der Waals surface area contributed by atoms with Crippen LogP contribution < -0.4 is 5.73 Å². The van der Waals surface area contributed by atoms with Crippen molar-refractivity contribution in [1.82, 2.24) is 4.90 Å². The molecule has 2 atom stereocenters. The van der Waals surface area contributed by atoms with Gasteiger partial charge in [-0.05, 0) is 24.5 Å². The van der Waals surface area contributed by atoms with E-state index in [2.05, 4.69) is 13.8 Å². The quantitative estimate of drug-likeness (QED) is 0.792. The standard InChI is InChI=1S/C11H22N2OS/c1-8(2)6-10(12)11(14)13(3)9-4-5-15-7-9/h8-10H,4-7,12H2,1-3H3/t9-,10-/m0/s1. The van der Waals surface area contributed by atoms with E-state index in [1.165, 1.54) is 5.75 Å². The largest absolute Gasteiger partial charge is 0.341 e. The fourth-order valence-corrected chi connectivity index (χ4v) is 3.15. The highest BCUT2D eigenvalue weighted by atomic mass is 32.2. The van der Waals surface area contributed by atoms with Crippen molar-refractivity contribution in [2.24, 2.45) is 11.7 Å². The molecule has 0 aromatic rings. The second-order valence-electron chi connectivity index (χ2n) is 4.70. The number of amides is 1. The van der Waals surface area contributed by atoms with Crippen molar-refractivity contribution in [1.29, 1.82) is 0 Å². The summed E-state index contributed by atoms with van der Waals surface area (Å²) in [5.41, 5.74) is 5.89. The second-order valence-corrected chi connectivity index (χ2v) is 5.85. The van der Waals surface area contributed by atoms with Gasteiger partial charge in [0.2, 0.25) is 5.91 Å². The van der Waals surface area contributed by atoms with Crippen LogP contribution in [-0.4, -0.2) is 41.4 Å². The van der Waals surface area contributed by atoms with E-state index in [-0.39, 0.29) is 11.9 Å². The molecule has 0 radical (unpaired) electrons. The lowest BCUT2D eigenvalue weighted by molar-refractivity contribution is -0.133. The smallest absolute Gasteiger partial charge is 0.239 e. The molecule has 0 spiro atoms. The number of rotatable bonds is 4. The van der Waals surface area contributed by atoms with E-state index >= 15 is 0 Å². The van der Waals surface area contributed by atoms with E-state index in [9.17, 15) is 4.79 Å². The summed E-state index contributed by atoms with van der Waals surface area (Å²) >= 11 is 1.92. The maximum absolute atomic E-state index is 12.0. The topological polar surface area (TPSA) is 46.3 Å². The van der Waals surface area contributed by atoms with Crippen molar-refractivity contribution in [3.05, 3.63) is 0 Å². The molecule has 3 nitrogen and oxygen atoms in total. The van der Waals surface area contributed by atoms with Crippen LogP contribution in [0.3, 0.4) is 0 Å². The molecule has 0 saturated carbocycles. The van der Waals surface area contributed by atoms with Crippen LogP contribution in [0.1, 0.15) is 26.7 Å². The molecule has 1 heterocycles. The number of carbonyl (C=O) groups is 1. The first-order valence-electron chi connectivity index (χ1n) is 5.62. The minimum absolute atomic E-state index is 0.108. The Morgan fingerprint density at radius 3 is 2.73 bits per heavy atom. The van der Waals surface area contributed by atoms with Gasteiger partial charge >= 0.3 is 0 Å². The molecule has 1 fully saturated rings. The Labute approximate surface area is 96.8 Å². The van der Waals surface area contributed by atoms with Crippen molar-refractivity contribution in [3.8, 4) is 0 Å². The monoisotopic (exact) mass is 230 g/mol. The molecule has 4 heteroatoms. The maximum atomic E-state index is 12.0. The van der Waals surface area contributed by atoms with E-state index in [0.717, 1.165) is 18.6 Å². The van der Waals surface area contributed by atoms with Crippen molar-refractivity contribution in [2.75, 3.05) is 18.6 Å². The van der Waals surface area contributed by atoms with Crippen LogP contribution >= 0.6 is 11.8 Å². The molecule has 2 N–H and O–H groups in total. The van der Waals surface area contributed by atoms with Crippen LogP contribution in [0, 0.1) is 5.92 Å². The molecule has 0 aliphatic carbocycles. The van der Waals surface area contributed by atoms with Gasteiger partial charge in [0, 0.05) is 18.8 Å². The summed E-state index contributed by atoms with van der Waals surface area (Å²) in [5.74, 6) is 2.82. The fraction of sp³-hybridized carbons (Fsp3) is 0.909. The van der Waals surface area contributed by atoms with Gasteiger partial charge in [0.05, 0.1) is 6.04 Å². The molecular formula is C11H22N2OS. The Bertz CT molecular complexity index is 215. The lowest BCUT2D eigenvalue weighted by Crippen LogP contribution is -2.47. The van der Waals surface area contributed by atoms with Gasteiger partial charge in [-0.3, -0.25) is 4.79 Å². The highest BCUT2D eigenvalue weighted by molar-refractivity contribution is 7.99. The van der Waals surface area contributed by atoms with Crippen LogP contribution in [0.4, 0.5) is 0 Å². The van der Waals surface area contributed by atoms with Gasteiger partial charge in [0.15, 0.2) is 0 Å². The predicted octanol–water partition coefficient (Wildman–Crippen LogP) is 1.32. The highest BCUT2D eigenvalue weighted by Crippen LogP contribution is 2.22. The van der Waals surface area contributed by atoms with Crippen LogP contribution in [-0.2, 0) is 4.79 Å². The third kappa shape index (κ3) is 3.68. The van der Waals surface area contributed by atoms with Crippen molar-refractivity contribution in [2.45, 2.75) is 38.8 Å². The van der Waals surface area contributed by atoms with Crippen LogP contribution in [0.15, 0.2) is 0 Å². The molecule has 88 valence electrons. The number of likely N-dealkylation sites (N-methyl/N-ethyl adjacent to an activating group) is 1. The van der Waals surface area contributed by atoms with Gasteiger partial charge in [-0.25, -0.2) is 0 Å². The van der Waals surface area contributed by atoms with Gasteiger partial charge < -0.3 is 10.6 Å². The van der Waals surface area contributed by atoms with Crippen molar-refractivity contribution >= 4 is 17.7 Å². The first-order chi connectivity index (χ1) is 7.02. The number of thioether (sulfide) groups is 1. The molecule has 1 rings (SSSR count). The van der Waals surface area contributed by atoms with E-state index in [1.807, 2.05) is 23.7 Å². The van der Waals surface area contributed by atoms with Gasteiger partial charge in [0.1, 0.15) is 0 Å². The van der Waals surface area contributed by atoms with Gasteiger partial charge in [-0.1, -0.05) is 13.8 Å². The maximum Gasteiger partial charge on any atom is 0.239 e. The molecule has 0 aromatic heterocycles. The minimum Gasteiger partial charge on any atom is -0.341 e. The molecule has 0 unspecified atom stereocenters. The zero-order valence-corrected chi connectivity index (χ0v) is 10.7. The number of carbonyl (C=O) groups excluding carboxylic acids is 1. The molecule has 1 amide bonds. The third-order valence-corrected chi connectivity index (χ3v) is 3.99. The van der Waals surface area contributed by atoms with Crippen molar-refractivity contribution in [3.63, 3.8) is 0 Å². The first kappa shape index (κ1) is 12.8. The average molecular weight is 230 g/mol. The zero-order valence-electron chi connectivity index (χ0n) is 9.90. The molecule has 1 saturated heterocycles. The third-order valence-electron chi connectivity index (χ3n) is 2.84. The fourth-order valence-electron chi connectivity index (χ4n) is 1.88. The second kappa shape index (κ2) is 5.75. The van der Waals surface area contributed by atoms with Crippen LogP contribution in [0.5, 0.6) is 0 Å². The summed E-state index contributed by atoms with van der Waals surface area (Å²) < 4.78 is 0. The predicted molar refractivity (Wildman–Crippen MR) is 65.9 cm³/mol. The molecule has 0 bridgehead atoms. The summed E-state index contributed by atoms with van der Waals surface area (Å²) in [4.78, 5) is 13.8. The zero-order chi connectivity index (χ0) is 11.4. The number of hydrogen-bond donors (Lipinski definition) is 1. The Hall–Kier alpha value is -0.220. The molecule has 1 aliphatic rings. The first-order valence-corrected chi connectivity index (χ1v) is 6.77. The number of hydrogen-bond acceptors (Lipinski definition) is 3. The minimum atomic E-state index is -0.319. The Kier molecular flexibility index (Phi) is 4.93. The van der Waals surface area contributed by atoms with Gasteiger partial charge in [-0.15, -0.1) is 0 Å². The molecular weight excluding hydrogens is 208 g/mol. The Morgan fingerprint density at radius 2 is 2.27 bits per heavy atom. The van der Waals surface area contributed by atoms with E-state index < -0.39 is 0 Å². The van der Waals surface area contributed by atoms with Crippen LogP contribution in [0.2, 0.25) is 0 Å². The van der Waals surface area contributed by atoms with Crippen molar-refractivity contribution < 1.29 is 4.79 Å². The summed E-state index contributed by atoms with van der Waals surface area (Å²) in [6.45, 7) is 4.19. The summed E-state index contributed by atoms with van der Waals surface area (Å²) in [7, 11) is 1.89. The number of nitrogens with zero attached hydrogens (tertiary/aromatic N) is 1. The SMILES string of the molecule is CC(C)C[C@H](N)C(=O)N(C)[C@H]1CCSC1. The average Bonchev–Trinajstić information content (AvgIpc) is 2.67. The highest BCUT2D eigenvalue weighted by Gasteiger charge is 2.27. The lowest BCUT2D eigenvalue weighted by Gasteiger charge is -2.27. The van der Waals surface area contributed by atoms with Crippen LogP contribution in [0.25, 0.3) is 0 Å². The molecule has 15 heavy (non-hydrogen) atoms. The normalized spacial score (nSPS) is 23.1. The van der Waals surface area contributed by atoms with E-state index in [4.69, 9.17) is 5.73 Å². The van der Waals surface area contributed by atoms with Gasteiger partial charge in [-0.2, -0.15) is 11.8 Å². The van der Waals surface area contributed by atoms with Gasteiger partial charge in [0.25, 0.3) is 0 Å².